The summed E-state index contributed by atoms with van der Waals surface area (Å²) in [5.41, 5.74) is 17.2. The first kappa shape index (κ1) is 105. The summed E-state index contributed by atoms with van der Waals surface area (Å²) in [5, 5.41) is 4.13. The van der Waals surface area contributed by atoms with Crippen molar-refractivity contribution in [3.63, 3.8) is 0 Å². The van der Waals surface area contributed by atoms with Crippen molar-refractivity contribution in [2.45, 2.75) is 195 Å². The number of aryl methyl sites for hydroxylation is 4. The van der Waals surface area contributed by atoms with Crippen LogP contribution in [0.3, 0.4) is 0 Å². The topological polar surface area (TPSA) is 9.23 Å². The highest BCUT2D eigenvalue weighted by molar-refractivity contribution is 7.71. The fraction of sp³-hybridized carbons (Fsp3) is 0.341. The van der Waals surface area contributed by atoms with Crippen LogP contribution in [0.15, 0.2) is 243 Å². The van der Waals surface area contributed by atoms with Crippen LogP contribution < -0.4 is 30.7 Å². The van der Waals surface area contributed by atoms with E-state index in [0.717, 1.165) is 96.8 Å². The summed E-state index contributed by atoms with van der Waals surface area (Å²) in [6, 6.07) is 67.0. The minimum atomic E-state index is -2.81. The molecule has 0 unspecified atom stereocenters. The van der Waals surface area contributed by atoms with Crippen molar-refractivity contribution < 1.29 is 4.74 Å². The number of unbranched alkanes of at least 4 members (excludes halogenated alkanes) is 14. The van der Waals surface area contributed by atoms with E-state index in [2.05, 4.69) is 144 Å². The van der Waals surface area contributed by atoms with E-state index in [1.54, 1.807) is 0 Å². The van der Waals surface area contributed by atoms with Gasteiger partial charge in [-0.05, 0) is 174 Å². The molecule has 0 aliphatic heterocycles. The van der Waals surface area contributed by atoms with Gasteiger partial charge in [-0.2, -0.15) is 0 Å². The summed E-state index contributed by atoms with van der Waals surface area (Å²) in [4.78, 5) is 0. The Morgan fingerprint density at radius 3 is 0.629 bits per heavy atom. The molecule has 0 aromatic heterocycles. The van der Waals surface area contributed by atoms with Crippen LogP contribution in [0.4, 0.5) is 0 Å². The summed E-state index contributed by atoms with van der Waals surface area (Å²) < 4.78 is 5.41. The standard InChI is InChI=1S/C23H23Cl3Si.C16H17Cl3Si.C15H15Cl3Si.C14H13Cl3OSi.C13H19Cl3Si.C10H21Cl3Si/c1-2-3-4-5-18-6-8-19(9-7-18)20-10-12-21(13-11-20)22-14-16-23(17-15-22)27(24,25)26;1-2-3-4-13-5-7-14(8-6-13)15-9-11-16(12-10-15)20(17,18)19;1-2-3-12-4-6-13(7-5-12)14-8-10-15(11-9-14)19(16,17)18;1-2-18-13-7-3-11(4-8-13)12-5-9-14(10-6-12)19(15,16)17;1-2-3-4-5-6-7-12-8-10-13(11-9-12)17(14,15)16;1-2-3-4-5-6-7-8-9-10-14(11,12)13/h6-17H,2-5H2,1H3;5-12H,2-4H2,1H3;4-11H,2-3H2,1H3;3-10H,2H2,1H3;8-11H,2-7H2,1H3;2-10H2,1H3. The molecule has 0 aliphatic rings. The molecule has 10 rings (SSSR count). The summed E-state index contributed by atoms with van der Waals surface area (Å²) in [7, 11) is 0. The van der Waals surface area contributed by atoms with Crippen molar-refractivity contribution in [2.24, 2.45) is 0 Å². The van der Waals surface area contributed by atoms with Gasteiger partial charge in [0.1, 0.15) is 5.75 Å². The fourth-order valence-electron chi connectivity index (χ4n) is 12.3. The molecule has 0 amide bonds. The molecule has 0 atom stereocenters. The number of hydrogen-bond donors (Lipinski definition) is 0. The van der Waals surface area contributed by atoms with Crippen LogP contribution in [-0.4, -0.2) is 42.6 Å². The third-order valence-corrected chi connectivity index (χ3v) is 36.4. The third kappa shape index (κ3) is 42.5. The van der Waals surface area contributed by atoms with Gasteiger partial charge in [0, 0.05) is 0 Å². The number of benzene rings is 10. The Morgan fingerprint density at radius 2 is 0.379 bits per heavy atom. The minimum Gasteiger partial charge on any atom is -0.494 e. The van der Waals surface area contributed by atoms with Crippen molar-refractivity contribution in [1.29, 1.82) is 0 Å². The average Bonchev–Trinajstić information content (AvgIpc) is 0.847. The van der Waals surface area contributed by atoms with Crippen molar-refractivity contribution in [3.05, 3.63) is 265 Å². The first-order valence-electron chi connectivity index (χ1n) is 40.1. The molecule has 25 heteroatoms. The monoisotopic (exact) mass is 2010 g/mol. The SMILES string of the molecule is CCCCCCCCCC[Si](Cl)(Cl)Cl.CCCCCCCc1ccc([Si](Cl)(Cl)Cl)cc1.CCCCCc1ccc(-c2ccc(-c3ccc([Si](Cl)(Cl)Cl)cc3)cc2)cc1.CCCCc1ccc(-c2ccc([Si](Cl)(Cl)Cl)cc2)cc1.CCCc1ccc(-c2ccc([Si](Cl)(Cl)Cl)cc2)cc1.CCOc1ccc(-c2ccc([Si](Cl)(Cl)Cl)cc2)cc1. The van der Waals surface area contributed by atoms with E-state index >= 15 is 0 Å². The van der Waals surface area contributed by atoms with Crippen molar-refractivity contribution in [3.8, 4) is 61.4 Å². The Kier molecular flexibility index (Phi) is 50.5. The van der Waals surface area contributed by atoms with E-state index < -0.39 is 36.0 Å². The molecule has 0 heterocycles. The molecule has 0 aliphatic carbocycles. The Hall–Kier alpha value is -1.48. The second-order valence-corrected chi connectivity index (χ2v) is 79.8. The molecule has 0 bridgehead atoms. The van der Waals surface area contributed by atoms with Crippen molar-refractivity contribution in [2.75, 3.05) is 6.61 Å². The lowest BCUT2D eigenvalue weighted by Crippen LogP contribution is -2.29. The maximum absolute atomic E-state index is 6.06. The molecule has 0 saturated heterocycles. The average molecular weight is 2020 g/mol. The lowest BCUT2D eigenvalue weighted by atomic mass is 9.98. The highest BCUT2D eigenvalue weighted by Crippen LogP contribution is 2.32. The van der Waals surface area contributed by atoms with Gasteiger partial charge in [-0.25, -0.2) is 0 Å². The Labute approximate surface area is 785 Å². The van der Waals surface area contributed by atoms with Gasteiger partial charge in [-0.3, -0.25) is 0 Å². The van der Waals surface area contributed by atoms with E-state index in [-0.39, 0.29) is 0 Å². The Balaban J connectivity index is 0.000000251. The van der Waals surface area contributed by atoms with Crippen molar-refractivity contribution >= 4 is 261 Å². The van der Waals surface area contributed by atoms with Gasteiger partial charge in [0.05, 0.1) is 6.61 Å². The van der Waals surface area contributed by atoms with E-state index in [1.807, 2.05) is 140 Å². The normalized spacial score (nSPS) is 11.6. The van der Waals surface area contributed by atoms with Gasteiger partial charge in [-0.1, -0.05) is 368 Å². The molecule has 0 radical (unpaired) electrons. The first-order chi connectivity index (χ1) is 55.1. The summed E-state index contributed by atoms with van der Waals surface area (Å²) >= 11 is 107. The minimum absolute atomic E-state index is 0.669. The maximum Gasteiger partial charge on any atom is 0.372 e. The fourth-order valence-corrected chi connectivity index (χ4v) is 22.5. The summed E-state index contributed by atoms with van der Waals surface area (Å²) in [6.07, 6.45) is 29.0. The molecule has 0 N–H and O–H groups in total. The van der Waals surface area contributed by atoms with E-state index in [0.29, 0.717) is 6.61 Å². The zero-order valence-electron chi connectivity index (χ0n) is 67.0. The first-order valence-corrected chi connectivity index (χ1v) is 70.5. The van der Waals surface area contributed by atoms with Gasteiger partial charge in [0.15, 0.2) is 0 Å². The molecule has 10 aromatic rings. The van der Waals surface area contributed by atoms with Crippen LogP contribution >= 0.6 is 199 Å². The van der Waals surface area contributed by atoms with Crippen LogP contribution in [0.5, 0.6) is 5.75 Å². The molecular weight excluding hydrogens is 1920 g/mol. The predicted molar refractivity (Wildman–Crippen MR) is 544 cm³/mol. The van der Waals surface area contributed by atoms with E-state index in [9.17, 15) is 0 Å². The predicted octanol–water partition coefficient (Wildman–Crippen LogP) is 33.8. The second-order valence-electron chi connectivity index (χ2n) is 28.4. The lowest BCUT2D eigenvalue weighted by molar-refractivity contribution is 0.340. The van der Waals surface area contributed by atoms with Crippen LogP contribution in [0, 0.1) is 0 Å². The Bertz CT molecular complexity index is 4160. The smallest absolute Gasteiger partial charge is 0.372 e. The lowest BCUT2D eigenvalue weighted by Gasteiger charge is -2.10. The molecule has 10 aromatic carbocycles. The second kappa shape index (κ2) is 55.8. The number of ether oxygens (including phenoxy) is 1. The van der Waals surface area contributed by atoms with Gasteiger partial charge < -0.3 is 4.74 Å². The maximum atomic E-state index is 6.06. The summed E-state index contributed by atoms with van der Waals surface area (Å²) in [5.74, 6) is 0.872. The van der Waals surface area contributed by atoms with Gasteiger partial charge >= 0.3 is 36.0 Å². The number of rotatable bonds is 36. The van der Waals surface area contributed by atoms with E-state index in [4.69, 9.17) is 204 Å². The van der Waals surface area contributed by atoms with E-state index in [1.165, 1.54) is 167 Å². The highest BCUT2D eigenvalue weighted by Gasteiger charge is 2.31. The van der Waals surface area contributed by atoms with Crippen LogP contribution in [0.1, 0.15) is 186 Å². The molecule has 0 spiro atoms. The number of hydrogen-bond acceptors (Lipinski definition) is 1. The summed E-state index contributed by atoms with van der Waals surface area (Å²) in [6.45, 7) is 13.8. The van der Waals surface area contributed by atoms with Crippen LogP contribution in [0.25, 0.3) is 55.6 Å². The van der Waals surface area contributed by atoms with Crippen LogP contribution in [0.2, 0.25) is 6.04 Å². The molecule has 0 saturated carbocycles. The van der Waals surface area contributed by atoms with Gasteiger partial charge in [-0.15, -0.1) is 199 Å². The Morgan fingerprint density at radius 1 is 0.190 bits per heavy atom. The molecule has 0 fully saturated rings. The molecule has 628 valence electrons. The molecule has 1 nitrogen and oxygen atoms in total. The number of halogens is 18. The largest absolute Gasteiger partial charge is 0.494 e. The highest BCUT2D eigenvalue weighted by atomic mass is 35.9. The molecular formula is C91H108Cl18OSi6. The molecule has 116 heavy (non-hydrogen) atoms. The van der Waals surface area contributed by atoms with Gasteiger partial charge in [0.2, 0.25) is 0 Å². The zero-order chi connectivity index (χ0) is 85.2. The van der Waals surface area contributed by atoms with Gasteiger partial charge in [0.25, 0.3) is 0 Å². The zero-order valence-corrected chi connectivity index (χ0v) is 86.6. The van der Waals surface area contributed by atoms with Crippen LogP contribution in [-0.2, 0) is 25.7 Å². The quantitative estimate of drug-likeness (QED) is 0.0216. The van der Waals surface area contributed by atoms with Crippen molar-refractivity contribution in [1.82, 2.24) is 0 Å². The third-order valence-electron chi connectivity index (χ3n) is 19.0.